The number of hydrogen-bond acceptors (Lipinski definition) is 4. The van der Waals surface area contributed by atoms with Crippen LogP contribution < -0.4 is 0 Å². The van der Waals surface area contributed by atoms with Crippen LogP contribution in [0.5, 0.6) is 0 Å². The third kappa shape index (κ3) is 3.30. The topological polar surface area (TPSA) is 56.6 Å². The van der Waals surface area contributed by atoms with E-state index in [0.717, 1.165) is 17.7 Å². The summed E-state index contributed by atoms with van der Waals surface area (Å²) >= 11 is 0. The number of fused-ring (bicyclic) bond motifs is 2. The van der Waals surface area contributed by atoms with Crippen LogP contribution in [0.3, 0.4) is 0 Å². The Morgan fingerprint density at radius 2 is 2.12 bits per heavy atom. The molecule has 1 amide bonds. The van der Waals surface area contributed by atoms with Crippen molar-refractivity contribution in [2.75, 3.05) is 13.2 Å². The molecule has 2 bridgehead atoms. The fourth-order valence-electron chi connectivity index (χ4n) is 3.45. The summed E-state index contributed by atoms with van der Waals surface area (Å²) in [6, 6.07) is 11.6. The fourth-order valence-corrected chi connectivity index (χ4v) is 3.45. The van der Waals surface area contributed by atoms with Crippen LogP contribution in [0.2, 0.25) is 0 Å². The van der Waals surface area contributed by atoms with Gasteiger partial charge >= 0.3 is 6.09 Å². The molecule has 0 N–H and O–H groups in total. The molecule has 130 valence electrons. The van der Waals surface area contributed by atoms with Gasteiger partial charge in [0, 0.05) is 13.2 Å². The van der Waals surface area contributed by atoms with Crippen molar-refractivity contribution in [3.63, 3.8) is 0 Å². The van der Waals surface area contributed by atoms with Crippen molar-refractivity contribution in [3.8, 4) is 0 Å². The van der Waals surface area contributed by atoms with Crippen LogP contribution in [-0.4, -0.2) is 46.1 Å². The maximum absolute atomic E-state index is 12.6. The zero-order chi connectivity index (χ0) is 17.2. The Morgan fingerprint density at radius 1 is 1.28 bits per heavy atom. The number of rotatable bonds is 3. The number of aromatic nitrogens is 2. The average Bonchev–Trinajstić information content (AvgIpc) is 3.06. The van der Waals surface area contributed by atoms with Gasteiger partial charge in [0.2, 0.25) is 0 Å². The lowest BCUT2D eigenvalue weighted by Gasteiger charge is -2.43. The average molecular weight is 339 g/mol. The zero-order valence-corrected chi connectivity index (χ0v) is 14.2. The van der Waals surface area contributed by atoms with E-state index in [1.54, 1.807) is 4.68 Å². The standard InChI is InChI=1S/C19H21N3O3/c1-21-8-7-18(20-21)15-9-16-12-24-13-17(10-15)22(16)19(23)25-11-14-5-3-2-4-6-14/h2-9,16-17H,10-13H2,1H3. The van der Waals surface area contributed by atoms with Crippen molar-refractivity contribution in [1.29, 1.82) is 0 Å². The molecule has 2 aliphatic heterocycles. The van der Waals surface area contributed by atoms with Crippen LogP contribution in [0.15, 0.2) is 48.7 Å². The van der Waals surface area contributed by atoms with Gasteiger partial charge in [-0.3, -0.25) is 9.58 Å². The minimum absolute atomic E-state index is 0.0102. The van der Waals surface area contributed by atoms with Crippen molar-refractivity contribution in [1.82, 2.24) is 14.7 Å². The van der Waals surface area contributed by atoms with E-state index in [-0.39, 0.29) is 24.8 Å². The summed E-state index contributed by atoms with van der Waals surface area (Å²) in [5, 5.41) is 4.48. The highest BCUT2D eigenvalue weighted by molar-refractivity contribution is 5.73. The Kier molecular flexibility index (Phi) is 4.28. The molecule has 6 nitrogen and oxygen atoms in total. The molecule has 2 unspecified atom stereocenters. The summed E-state index contributed by atoms with van der Waals surface area (Å²) in [5.41, 5.74) is 3.13. The first-order chi connectivity index (χ1) is 12.2. The zero-order valence-electron chi connectivity index (χ0n) is 14.2. The highest BCUT2D eigenvalue weighted by Crippen LogP contribution is 2.32. The van der Waals surface area contributed by atoms with Crippen LogP contribution in [0.1, 0.15) is 17.7 Å². The van der Waals surface area contributed by atoms with Crippen LogP contribution in [0.25, 0.3) is 5.57 Å². The molecule has 0 saturated carbocycles. The van der Waals surface area contributed by atoms with Crippen molar-refractivity contribution in [2.24, 2.45) is 7.05 Å². The number of carbonyl (C=O) groups is 1. The second-order valence-electron chi connectivity index (χ2n) is 6.48. The van der Waals surface area contributed by atoms with Crippen molar-refractivity contribution >= 4 is 11.7 Å². The lowest BCUT2D eigenvalue weighted by molar-refractivity contribution is -0.0342. The molecule has 2 atom stereocenters. The van der Waals surface area contributed by atoms with Crippen molar-refractivity contribution in [2.45, 2.75) is 25.1 Å². The van der Waals surface area contributed by atoms with E-state index in [9.17, 15) is 4.79 Å². The second kappa shape index (κ2) is 6.72. The molecule has 3 heterocycles. The minimum Gasteiger partial charge on any atom is -0.445 e. The van der Waals surface area contributed by atoms with Gasteiger partial charge in [0.15, 0.2) is 0 Å². The van der Waals surface area contributed by atoms with Crippen LogP contribution in [-0.2, 0) is 23.1 Å². The third-order valence-corrected chi connectivity index (χ3v) is 4.66. The number of hydrogen-bond donors (Lipinski definition) is 0. The highest BCUT2D eigenvalue weighted by atomic mass is 16.6. The van der Waals surface area contributed by atoms with Gasteiger partial charge in [-0.05, 0) is 23.6 Å². The summed E-state index contributed by atoms with van der Waals surface area (Å²) in [4.78, 5) is 14.4. The van der Waals surface area contributed by atoms with Gasteiger partial charge in [-0.25, -0.2) is 4.79 Å². The number of morpholine rings is 1. The van der Waals surface area contributed by atoms with E-state index in [0.29, 0.717) is 13.2 Å². The summed E-state index contributed by atoms with van der Waals surface area (Å²) < 4.78 is 13.0. The van der Waals surface area contributed by atoms with Gasteiger partial charge in [0.05, 0.1) is 31.0 Å². The SMILES string of the molecule is Cn1ccc(C2=CC3COCC(C2)N3C(=O)OCc2ccccc2)n1. The summed E-state index contributed by atoms with van der Waals surface area (Å²) in [6.45, 7) is 1.31. The van der Waals surface area contributed by atoms with Gasteiger partial charge < -0.3 is 9.47 Å². The quantitative estimate of drug-likeness (QED) is 0.862. The normalized spacial score (nSPS) is 22.4. The van der Waals surface area contributed by atoms with Crippen molar-refractivity contribution in [3.05, 3.63) is 59.9 Å². The lowest BCUT2D eigenvalue weighted by atomic mass is 9.93. The van der Waals surface area contributed by atoms with Gasteiger partial charge in [-0.2, -0.15) is 5.10 Å². The highest BCUT2D eigenvalue weighted by Gasteiger charge is 2.39. The largest absolute Gasteiger partial charge is 0.445 e. The molecule has 0 spiro atoms. The molecule has 1 saturated heterocycles. The maximum atomic E-state index is 12.6. The molecule has 6 heteroatoms. The predicted octanol–water partition coefficient (Wildman–Crippen LogP) is 2.61. The number of ether oxygens (including phenoxy) is 2. The Morgan fingerprint density at radius 3 is 2.84 bits per heavy atom. The minimum atomic E-state index is -0.279. The maximum Gasteiger partial charge on any atom is 0.411 e. The van der Waals surface area contributed by atoms with E-state index in [4.69, 9.17) is 9.47 Å². The molecular weight excluding hydrogens is 318 g/mol. The Balaban J connectivity index is 1.49. The van der Waals surface area contributed by atoms with Gasteiger partial charge in [-0.1, -0.05) is 36.4 Å². The van der Waals surface area contributed by atoms with E-state index in [1.807, 2.05) is 54.5 Å². The summed E-state index contributed by atoms with van der Waals surface area (Å²) in [6.07, 6.45) is 4.47. The predicted molar refractivity (Wildman–Crippen MR) is 92.7 cm³/mol. The molecule has 1 fully saturated rings. The van der Waals surface area contributed by atoms with Gasteiger partial charge in [0.25, 0.3) is 0 Å². The lowest BCUT2D eigenvalue weighted by Crippen LogP contribution is -2.56. The number of carbonyl (C=O) groups excluding carboxylic acids is 1. The first-order valence-electron chi connectivity index (χ1n) is 8.48. The van der Waals surface area contributed by atoms with Crippen LogP contribution in [0.4, 0.5) is 4.79 Å². The van der Waals surface area contributed by atoms with E-state index in [1.165, 1.54) is 5.57 Å². The first kappa shape index (κ1) is 15.9. The third-order valence-electron chi connectivity index (χ3n) is 4.66. The van der Waals surface area contributed by atoms with Gasteiger partial charge in [-0.15, -0.1) is 0 Å². The number of amides is 1. The molecule has 25 heavy (non-hydrogen) atoms. The molecule has 0 aliphatic carbocycles. The number of aryl methyl sites for hydroxylation is 1. The molecule has 2 aliphatic rings. The number of nitrogens with zero attached hydrogens (tertiary/aromatic N) is 3. The van der Waals surface area contributed by atoms with Crippen molar-refractivity contribution < 1.29 is 14.3 Å². The van der Waals surface area contributed by atoms with E-state index < -0.39 is 0 Å². The molecule has 1 aromatic heterocycles. The number of benzene rings is 1. The molecule has 4 rings (SSSR count). The molecule has 1 aromatic carbocycles. The van der Waals surface area contributed by atoms with E-state index >= 15 is 0 Å². The molecular formula is C19H21N3O3. The monoisotopic (exact) mass is 339 g/mol. The first-order valence-corrected chi connectivity index (χ1v) is 8.48. The Labute approximate surface area is 146 Å². The smallest absolute Gasteiger partial charge is 0.411 e. The molecule has 2 aromatic rings. The van der Waals surface area contributed by atoms with Crippen LogP contribution >= 0.6 is 0 Å². The fraction of sp³-hybridized carbons (Fsp3) is 0.368. The van der Waals surface area contributed by atoms with Crippen LogP contribution in [0, 0.1) is 0 Å². The molecule has 0 radical (unpaired) electrons. The summed E-state index contributed by atoms with van der Waals surface area (Å²) in [5.74, 6) is 0. The van der Waals surface area contributed by atoms with E-state index in [2.05, 4.69) is 11.2 Å². The Bertz CT molecular complexity index is 784. The summed E-state index contributed by atoms with van der Waals surface area (Å²) in [7, 11) is 1.91. The van der Waals surface area contributed by atoms with Gasteiger partial charge in [0.1, 0.15) is 6.61 Å². The second-order valence-corrected chi connectivity index (χ2v) is 6.48. The Hall–Kier alpha value is -2.60.